The standard InChI is InChI=1S/C28H32N2O5S2/c1-6-7-12-34-20-11-10-19(14-21(20)33-5)15-23-26(31)30-25(22-9-8-13-36-22)24(18(4)29-28(30)37-23)27(32)35-16-17(2)3/h8-11,13-15,17,25H,6-7,12,16H2,1-5H3. The Balaban J connectivity index is 1.77. The predicted octanol–water partition coefficient (Wildman–Crippen LogP) is 4.68. The topological polar surface area (TPSA) is 79.1 Å². The number of carbonyl (C=O) groups excluding carboxylic acids is 1. The summed E-state index contributed by atoms with van der Waals surface area (Å²) in [5, 5.41) is 1.94. The van der Waals surface area contributed by atoms with Gasteiger partial charge in [-0.15, -0.1) is 11.3 Å². The third kappa shape index (κ3) is 5.88. The van der Waals surface area contributed by atoms with E-state index in [-0.39, 0.29) is 11.5 Å². The quantitative estimate of drug-likeness (QED) is 0.276. The molecule has 0 N–H and O–H groups in total. The largest absolute Gasteiger partial charge is 0.493 e. The number of fused-ring (bicyclic) bond motifs is 1. The normalized spacial score (nSPS) is 15.5. The molecule has 3 aromatic rings. The maximum Gasteiger partial charge on any atom is 0.338 e. The van der Waals surface area contributed by atoms with Crippen LogP contribution in [0.1, 0.15) is 57.0 Å². The van der Waals surface area contributed by atoms with Gasteiger partial charge in [-0.1, -0.05) is 50.7 Å². The summed E-state index contributed by atoms with van der Waals surface area (Å²) in [6.07, 6.45) is 3.83. The lowest BCUT2D eigenvalue weighted by Crippen LogP contribution is -2.39. The van der Waals surface area contributed by atoms with Crippen LogP contribution in [0, 0.1) is 5.92 Å². The summed E-state index contributed by atoms with van der Waals surface area (Å²) in [6.45, 7) is 8.80. The van der Waals surface area contributed by atoms with Gasteiger partial charge in [-0.25, -0.2) is 9.79 Å². The van der Waals surface area contributed by atoms with E-state index in [1.165, 1.54) is 22.7 Å². The average molecular weight is 541 g/mol. The molecule has 1 aromatic carbocycles. The van der Waals surface area contributed by atoms with Crippen LogP contribution < -0.4 is 24.4 Å². The smallest absolute Gasteiger partial charge is 0.338 e. The summed E-state index contributed by atoms with van der Waals surface area (Å²) in [6, 6.07) is 8.89. The summed E-state index contributed by atoms with van der Waals surface area (Å²) >= 11 is 2.80. The van der Waals surface area contributed by atoms with E-state index < -0.39 is 12.0 Å². The number of benzene rings is 1. The van der Waals surface area contributed by atoms with E-state index in [0.717, 1.165) is 23.3 Å². The number of methoxy groups -OCH3 is 1. The van der Waals surface area contributed by atoms with Crippen LogP contribution in [0.4, 0.5) is 0 Å². The number of hydrogen-bond acceptors (Lipinski definition) is 8. The molecule has 3 heterocycles. The van der Waals surface area contributed by atoms with Crippen molar-refractivity contribution in [2.75, 3.05) is 20.3 Å². The predicted molar refractivity (Wildman–Crippen MR) is 147 cm³/mol. The molecule has 0 radical (unpaired) electrons. The van der Waals surface area contributed by atoms with Gasteiger partial charge in [0, 0.05) is 4.88 Å². The first-order valence-electron chi connectivity index (χ1n) is 12.4. The monoisotopic (exact) mass is 540 g/mol. The number of esters is 1. The van der Waals surface area contributed by atoms with Crippen LogP contribution >= 0.6 is 22.7 Å². The Kier molecular flexibility index (Phi) is 8.66. The van der Waals surface area contributed by atoms with Gasteiger partial charge in [-0.3, -0.25) is 9.36 Å². The van der Waals surface area contributed by atoms with Gasteiger partial charge >= 0.3 is 5.97 Å². The molecule has 0 spiro atoms. The second-order valence-electron chi connectivity index (χ2n) is 9.20. The third-order valence-corrected chi connectivity index (χ3v) is 7.75. The molecule has 9 heteroatoms. The summed E-state index contributed by atoms with van der Waals surface area (Å²) in [7, 11) is 1.60. The lowest BCUT2D eigenvalue weighted by molar-refractivity contribution is -0.140. The zero-order valence-electron chi connectivity index (χ0n) is 21.8. The molecule has 4 rings (SSSR count). The molecule has 0 saturated carbocycles. The van der Waals surface area contributed by atoms with Crippen molar-refractivity contribution in [2.45, 2.75) is 46.6 Å². The van der Waals surface area contributed by atoms with Crippen LogP contribution in [0.25, 0.3) is 6.08 Å². The van der Waals surface area contributed by atoms with Crippen LogP contribution in [-0.2, 0) is 9.53 Å². The fraction of sp³-hybridized carbons (Fsp3) is 0.393. The zero-order chi connectivity index (χ0) is 26.5. The molecule has 1 aliphatic heterocycles. The number of nitrogens with zero attached hydrogens (tertiary/aromatic N) is 2. The molecule has 1 atom stereocenters. The number of ether oxygens (including phenoxy) is 3. The lowest BCUT2D eigenvalue weighted by Gasteiger charge is -2.23. The van der Waals surface area contributed by atoms with Crippen molar-refractivity contribution in [3.05, 3.63) is 77.1 Å². The van der Waals surface area contributed by atoms with Crippen molar-refractivity contribution in [3.8, 4) is 11.5 Å². The minimum Gasteiger partial charge on any atom is -0.493 e. The third-order valence-electron chi connectivity index (χ3n) is 5.84. The average Bonchev–Trinajstić information content (AvgIpc) is 3.51. The van der Waals surface area contributed by atoms with E-state index in [9.17, 15) is 9.59 Å². The highest BCUT2D eigenvalue weighted by Crippen LogP contribution is 2.33. The number of aromatic nitrogens is 1. The first-order chi connectivity index (χ1) is 17.8. The first-order valence-corrected chi connectivity index (χ1v) is 14.1. The summed E-state index contributed by atoms with van der Waals surface area (Å²) in [5.74, 6) is 1.05. The van der Waals surface area contributed by atoms with Crippen molar-refractivity contribution in [1.29, 1.82) is 0 Å². The van der Waals surface area contributed by atoms with E-state index in [4.69, 9.17) is 14.2 Å². The molecule has 0 saturated heterocycles. The molecule has 1 unspecified atom stereocenters. The summed E-state index contributed by atoms with van der Waals surface area (Å²) in [4.78, 5) is 33.0. The summed E-state index contributed by atoms with van der Waals surface area (Å²) in [5.41, 5.74) is 1.57. The van der Waals surface area contributed by atoms with Gasteiger partial charge in [0.25, 0.3) is 5.56 Å². The van der Waals surface area contributed by atoms with Gasteiger partial charge in [-0.05, 0) is 54.5 Å². The highest BCUT2D eigenvalue weighted by Gasteiger charge is 2.34. The SMILES string of the molecule is CCCCOc1ccc(C=c2sc3n(c2=O)C(c2cccs2)C(C(=O)OCC(C)C)=C(C)N=3)cc1OC. The van der Waals surface area contributed by atoms with Crippen LogP contribution in [0.2, 0.25) is 0 Å². The Morgan fingerprint density at radius 3 is 2.73 bits per heavy atom. The van der Waals surface area contributed by atoms with Crippen LogP contribution in [-0.4, -0.2) is 30.9 Å². The second kappa shape index (κ2) is 11.9. The Morgan fingerprint density at radius 2 is 2.05 bits per heavy atom. The molecule has 2 aromatic heterocycles. The molecule has 196 valence electrons. The Bertz CT molecular complexity index is 1460. The zero-order valence-corrected chi connectivity index (χ0v) is 23.4. The van der Waals surface area contributed by atoms with Gasteiger partial charge in [0.2, 0.25) is 0 Å². The van der Waals surface area contributed by atoms with Gasteiger partial charge in [0.1, 0.15) is 6.04 Å². The maximum absolute atomic E-state index is 13.7. The number of rotatable bonds is 10. The number of thiophene rings is 1. The molecule has 7 nitrogen and oxygen atoms in total. The van der Waals surface area contributed by atoms with Gasteiger partial charge < -0.3 is 14.2 Å². The Morgan fingerprint density at radius 1 is 1.24 bits per heavy atom. The molecule has 0 bridgehead atoms. The van der Waals surface area contributed by atoms with E-state index in [2.05, 4.69) is 11.9 Å². The Hall–Kier alpha value is -3.17. The number of hydrogen-bond donors (Lipinski definition) is 0. The first kappa shape index (κ1) is 26.9. The highest BCUT2D eigenvalue weighted by atomic mass is 32.1. The van der Waals surface area contributed by atoms with Crippen molar-refractivity contribution < 1.29 is 19.0 Å². The molecular formula is C28H32N2O5S2. The minimum absolute atomic E-state index is 0.201. The highest BCUT2D eigenvalue weighted by molar-refractivity contribution is 7.10. The van der Waals surface area contributed by atoms with Crippen molar-refractivity contribution in [2.24, 2.45) is 10.9 Å². The lowest BCUT2D eigenvalue weighted by atomic mass is 10.0. The van der Waals surface area contributed by atoms with Crippen LogP contribution in [0.5, 0.6) is 11.5 Å². The van der Waals surface area contributed by atoms with Crippen LogP contribution in [0.3, 0.4) is 0 Å². The molecular weight excluding hydrogens is 508 g/mol. The maximum atomic E-state index is 13.7. The number of carbonyl (C=O) groups is 1. The molecule has 0 aliphatic carbocycles. The fourth-order valence-corrected chi connectivity index (χ4v) is 5.86. The Labute approximate surface area is 224 Å². The number of allylic oxidation sites excluding steroid dienone is 1. The fourth-order valence-electron chi connectivity index (χ4n) is 3.99. The number of unbranched alkanes of at least 4 members (excludes halogenated alkanes) is 1. The van der Waals surface area contributed by atoms with Crippen molar-refractivity contribution in [1.82, 2.24) is 4.57 Å². The van der Waals surface area contributed by atoms with Crippen molar-refractivity contribution in [3.63, 3.8) is 0 Å². The van der Waals surface area contributed by atoms with E-state index >= 15 is 0 Å². The van der Waals surface area contributed by atoms with Gasteiger partial charge in [0.05, 0.1) is 36.1 Å². The van der Waals surface area contributed by atoms with E-state index in [0.29, 0.717) is 45.3 Å². The molecule has 1 aliphatic rings. The second-order valence-corrected chi connectivity index (χ2v) is 11.2. The molecule has 37 heavy (non-hydrogen) atoms. The van der Waals surface area contributed by atoms with E-state index in [1.807, 2.05) is 55.6 Å². The summed E-state index contributed by atoms with van der Waals surface area (Å²) < 4.78 is 19.1. The van der Waals surface area contributed by atoms with Gasteiger partial charge in [-0.2, -0.15) is 0 Å². The minimum atomic E-state index is -0.582. The number of thiazole rings is 1. The van der Waals surface area contributed by atoms with E-state index in [1.54, 1.807) is 18.6 Å². The van der Waals surface area contributed by atoms with Crippen LogP contribution in [0.15, 0.2) is 56.8 Å². The molecule has 0 fully saturated rings. The van der Waals surface area contributed by atoms with Crippen molar-refractivity contribution >= 4 is 34.7 Å². The van der Waals surface area contributed by atoms with Gasteiger partial charge in [0.15, 0.2) is 16.3 Å². The molecule has 0 amide bonds.